The van der Waals surface area contributed by atoms with Gasteiger partial charge in [-0.05, 0) is 38.8 Å². The van der Waals surface area contributed by atoms with Crippen LogP contribution < -0.4 is 11.5 Å². The lowest BCUT2D eigenvalue weighted by Gasteiger charge is -2.38. The number of hydrogen-bond donors (Lipinski definition) is 2. The second-order valence-electron chi connectivity index (χ2n) is 5.78. The molecule has 0 spiro atoms. The molecule has 102 valence electrons. The molecule has 0 radical (unpaired) electrons. The summed E-state index contributed by atoms with van der Waals surface area (Å²) in [5.74, 6) is 0.443. The summed E-state index contributed by atoms with van der Waals surface area (Å²) >= 11 is 0. The van der Waals surface area contributed by atoms with Crippen molar-refractivity contribution in [3.05, 3.63) is 0 Å². The molecule has 4 nitrogen and oxygen atoms in total. The SMILES string of the molecule is CC1(C)COC(C(CCCN)CCCN)OC1. The van der Waals surface area contributed by atoms with Gasteiger partial charge >= 0.3 is 0 Å². The molecular formula is C13H28N2O2. The predicted octanol–water partition coefficient (Wildman–Crippen LogP) is 1.48. The van der Waals surface area contributed by atoms with Gasteiger partial charge in [0.2, 0.25) is 0 Å². The van der Waals surface area contributed by atoms with Gasteiger partial charge < -0.3 is 20.9 Å². The maximum atomic E-state index is 5.85. The standard InChI is InChI=1S/C13H28N2O2/c1-13(2)9-16-12(17-10-13)11(5-3-7-14)6-4-8-15/h11-12H,3-10,14-15H2,1-2H3. The number of nitrogens with two attached hydrogens (primary N) is 2. The van der Waals surface area contributed by atoms with Crippen LogP contribution in [-0.4, -0.2) is 32.6 Å². The Morgan fingerprint density at radius 2 is 1.53 bits per heavy atom. The molecule has 0 atom stereocenters. The first-order valence-corrected chi connectivity index (χ1v) is 6.72. The van der Waals surface area contributed by atoms with Crippen LogP contribution in [0.25, 0.3) is 0 Å². The second kappa shape index (κ2) is 7.31. The van der Waals surface area contributed by atoms with Crippen LogP contribution >= 0.6 is 0 Å². The van der Waals surface area contributed by atoms with Gasteiger partial charge in [-0.2, -0.15) is 0 Å². The molecule has 0 aromatic heterocycles. The molecule has 1 aliphatic rings. The fraction of sp³-hybridized carbons (Fsp3) is 1.00. The van der Waals surface area contributed by atoms with Crippen molar-refractivity contribution in [3.63, 3.8) is 0 Å². The number of hydrogen-bond acceptors (Lipinski definition) is 4. The molecule has 1 heterocycles. The van der Waals surface area contributed by atoms with Crippen LogP contribution in [-0.2, 0) is 9.47 Å². The summed E-state index contributed by atoms with van der Waals surface area (Å²) in [5, 5.41) is 0. The minimum absolute atomic E-state index is 0.0545. The molecule has 1 rings (SSSR count). The largest absolute Gasteiger partial charge is 0.352 e. The van der Waals surface area contributed by atoms with Crippen LogP contribution in [0.2, 0.25) is 0 Å². The lowest BCUT2D eigenvalue weighted by molar-refractivity contribution is -0.245. The van der Waals surface area contributed by atoms with Crippen LogP contribution in [0, 0.1) is 11.3 Å². The Kier molecular flexibility index (Phi) is 6.41. The van der Waals surface area contributed by atoms with Crippen molar-refractivity contribution >= 4 is 0 Å². The molecule has 1 aliphatic heterocycles. The van der Waals surface area contributed by atoms with Gasteiger partial charge in [-0.25, -0.2) is 0 Å². The van der Waals surface area contributed by atoms with Gasteiger partial charge in [-0.1, -0.05) is 13.8 Å². The molecule has 1 fully saturated rings. The Bertz CT molecular complexity index is 192. The summed E-state index contributed by atoms with van der Waals surface area (Å²) in [6, 6.07) is 0. The first kappa shape index (κ1) is 14.9. The van der Waals surface area contributed by atoms with Crippen LogP contribution in [0.15, 0.2) is 0 Å². The van der Waals surface area contributed by atoms with Crippen molar-refractivity contribution in [2.75, 3.05) is 26.3 Å². The molecular weight excluding hydrogens is 216 g/mol. The molecule has 17 heavy (non-hydrogen) atoms. The molecule has 0 aliphatic carbocycles. The predicted molar refractivity (Wildman–Crippen MR) is 69.5 cm³/mol. The van der Waals surface area contributed by atoms with Crippen LogP contribution in [0.4, 0.5) is 0 Å². The maximum Gasteiger partial charge on any atom is 0.160 e. The Morgan fingerprint density at radius 3 is 1.94 bits per heavy atom. The average Bonchev–Trinajstić information content (AvgIpc) is 2.30. The summed E-state index contributed by atoms with van der Waals surface area (Å²) < 4.78 is 11.7. The summed E-state index contributed by atoms with van der Waals surface area (Å²) in [6.45, 7) is 7.35. The normalized spacial score (nSPS) is 21.0. The van der Waals surface area contributed by atoms with Crippen molar-refractivity contribution in [2.24, 2.45) is 22.8 Å². The van der Waals surface area contributed by atoms with Crippen molar-refractivity contribution in [1.82, 2.24) is 0 Å². The van der Waals surface area contributed by atoms with E-state index in [2.05, 4.69) is 13.8 Å². The van der Waals surface area contributed by atoms with E-state index in [-0.39, 0.29) is 11.7 Å². The van der Waals surface area contributed by atoms with E-state index >= 15 is 0 Å². The van der Waals surface area contributed by atoms with Crippen LogP contribution in [0.1, 0.15) is 39.5 Å². The Labute approximate surface area is 105 Å². The average molecular weight is 244 g/mol. The highest BCUT2D eigenvalue weighted by Gasteiger charge is 2.32. The molecule has 4 heteroatoms. The first-order valence-electron chi connectivity index (χ1n) is 6.72. The Balaban J connectivity index is 2.40. The van der Waals surface area contributed by atoms with Crippen molar-refractivity contribution in [3.8, 4) is 0 Å². The highest BCUT2D eigenvalue weighted by Crippen LogP contribution is 2.29. The highest BCUT2D eigenvalue weighted by atomic mass is 16.7. The minimum atomic E-state index is -0.0545. The zero-order valence-electron chi connectivity index (χ0n) is 11.3. The zero-order valence-corrected chi connectivity index (χ0v) is 11.3. The van der Waals surface area contributed by atoms with E-state index in [1.54, 1.807) is 0 Å². The summed E-state index contributed by atoms with van der Waals surface area (Å²) in [7, 11) is 0. The van der Waals surface area contributed by atoms with E-state index in [0.29, 0.717) is 5.92 Å². The van der Waals surface area contributed by atoms with Crippen molar-refractivity contribution < 1.29 is 9.47 Å². The van der Waals surface area contributed by atoms with E-state index < -0.39 is 0 Å². The van der Waals surface area contributed by atoms with Gasteiger partial charge in [0.1, 0.15) is 0 Å². The van der Waals surface area contributed by atoms with E-state index in [1.165, 1.54) is 0 Å². The highest BCUT2D eigenvalue weighted by molar-refractivity contribution is 4.75. The number of ether oxygens (including phenoxy) is 2. The second-order valence-corrected chi connectivity index (χ2v) is 5.78. The number of rotatable bonds is 7. The quantitative estimate of drug-likeness (QED) is 0.711. The van der Waals surface area contributed by atoms with Gasteiger partial charge in [0.15, 0.2) is 6.29 Å². The summed E-state index contributed by atoms with van der Waals surface area (Å²) in [6.07, 6.45) is 4.15. The van der Waals surface area contributed by atoms with Crippen molar-refractivity contribution in [1.29, 1.82) is 0 Å². The topological polar surface area (TPSA) is 70.5 Å². The Hall–Kier alpha value is -0.160. The lowest BCUT2D eigenvalue weighted by atomic mass is 9.92. The van der Waals surface area contributed by atoms with E-state index in [4.69, 9.17) is 20.9 Å². The van der Waals surface area contributed by atoms with E-state index in [0.717, 1.165) is 52.0 Å². The fourth-order valence-corrected chi connectivity index (χ4v) is 2.15. The minimum Gasteiger partial charge on any atom is -0.352 e. The van der Waals surface area contributed by atoms with Gasteiger partial charge in [0, 0.05) is 11.3 Å². The monoisotopic (exact) mass is 244 g/mol. The van der Waals surface area contributed by atoms with Gasteiger partial charge in [0.25, 0.3) is 0 Å². The molecule has 0 aromatic rings. The molecule has 0 amide bonds. The lowest BCUT2D eigenvalue weighted by Crippen LogP contribution is -2.41. The molecule has 1 saturated heterocycles. The molecule has 0 saturated carbocycles. The van der Waals surface area contributed by atoms with Gasteiger partial charge in [-0.3, -0.25) is 0 Å². The molecule has 0 bridgehead atoms. The van der Waals surface area contributed by atoms with Gasteiger partial charge in [-0.15, -0.1) is 0 Å². The first-order chi connectivity index (χ1) is 8.09. The van der Waals surface area contributed by atoms with Crippen molar-refractivity contribution in [2.45, 2.75) is 45.8 Å². The van der Waals surface area contributed by atoms with Gasteiger partial charge in [0.05, 0.1) is 13.2 Å². The molecule has 0 unspecified atom stereocenters. The van der Waals surface area contributed by atoms with E-state index in [1.807, 2.05) is 0 Å². The van der Waals surface area contributed by atoms with Crippen LogP contribution in [0.5, 0.6) is 0 Å². The zero-order chi connectivity index (χ0) is 12.7. The Morgan fingerprint density at radius 1 is 1.06 bits per heavy atom. The maximum absolute atomic E-state index is 5.85. The third-order valence-electron chi connectivity index (χ3n) is 3.22. The third kappa shape index (κ3) is 5.34. The molecule has 4 N–H and O–H groups in total. The summed E-state index contributed by atoms with van der Waals surface area (Å²) in [5.41, 5.74) is 11.3. The fourth-order valence-electron chi connectivity index (χ4n) is 2.15. The smallest absolute Gasteiger partial charge is 0.160 e. The van der Waals surface area contributed by atoms with Crippen LogP contribution in [0.3, 0.4) is 0 Å². The third-order valence-corrected chi connectivity index (χ3v) is 3.22. The molecule has 0 aromatic carbocycles. The summed E-state index contributed by atoms with van der Waals surface area (Å²) in [4.78, 5) is 0. The van der Waals surface area contributed by atoms with E-state index in [9.17, 15) is 0 Å².